The van der Waals surface area contributed by atoms with Crippen molar-refractivity contribution in [2.75, 3.05) is 13.7 Å². The van der Waals surface area contributed by atoms with E-state index in [9.17, 15) is 45.3 Å². The highest BCUT2D eigenvalue weighted by Crippen LogP contribution is 2.37. The van der Waals surface area contributed by atoms with E-state index in [0.29, 0.717) is 5.56 Å². The Balaban J connectivity index is 1.40. The van der Waals surface area contributed by atoms with E-state index >= 15 is 0 Å². The molecule has 1 saturated heterocycles. The lowest BCUT2D eigenvalue weighted by atomic mass is 9.99. The predicted octanol–water partition coefficient (Wildman–Crippen LogP) is 1.73. The first kappa shape index (κ1) is 31.2. The van der Waals surface area contributed by atoms with Crippen LogP contribution in [0, 0.1) is 0 Å². The van der Waals surface area contributed by atoms with Gasteiger partial charge in [-0.25, -0.2) is 4.79 Å². The lowest BCUT2D eigenvalue weighted by Crippen LogP contribution is -2.60. The summed E-state index contributed by atoms with van der Waals surface area (Å²) in [7, 11) is 1.37. The standard InChI is InChI=1S/C31H28O14/c1-41-20-10-14(2-8-18(20)34)3-9-23(36)42-13-22-25(37)27(39)28(40)31(44-22)45-30-26(38)24-19(35)11-17(33)12-21(24)43-29(30)15-4-6-16(32)7-5-15/h2-12,22,25,27-28,31-35,37,39-40H,13H2,1H3/b9-3+/t22-,25-,27+,28-,31+/m1/s1. The van der Waals surface area contributed by atoms with E-state index in [1.807, 2.05) is 0 Å². The molecular weight excluding hydrogens is 596 g/mol. The maximum Gasteiger partial charge on any atom is 0.330 e. The zero-order chi connectivity index (χ0) is 32.4. The Morgan fingerprint density at radius 1 is 0.889 bits per heavy atom. The summed E-state index contributed by atoms with van der Waals surface area (Å²) in [4.78, 5) is 25.9. The summed E-state index contributed by atoms with van der Waals surface area (Å²) in [6.07, 6.45) is -6.33. The van der Waals surface area contributed by atoms with E-state index in [0.717, 1.165) is 18.2 Å². The smallest absolute Gasteiger partial charge is 0.330 e. The van der Waals surface area contributed by atoms with Crippen LogP contribution in [0.15, 0.2) is 69.9 Å². The molecule has 1 aromatic heterocycles. The number of ether oxygens (including phenoxy) is 4. The number of esters is 1. The molecule has 14 nitrogen and oxygen atoms in total. The monoisotopic (exact) mass is 624 g/mol. The molecule has 5 atom stereocenters. The van der Waals surface area contributed by atoms with E-state index in [1.54, 1.807) is 0 Å². The number of phenolic OH excluding ortho intramolecular Hbond substituents is 4. The Labute approximate surface area is 253 Å². The van der Waals surface area contributed by atoms with Gasteiger partial charge in [0.1, 0.15) is 59.2 Å². The third kappa shape index (κ3) is 6.49. The number of benzene rings is 3. The third-order valence-electron chi connectivity index (χ3n) is 6.96. The van der Waals surface area contributed by atoms with Gasteiger partial charge in [0.05, 0.1) is 7.11 Å². The van der Waals surface area contributed by atoms with Crippen LogP contribution >= 0.6 is 0 Å². The zero-order valence-corrected chi connectivity index (χ0v) is 23.4. The average Bonchev–Trinajstić information content (AvgIpc) is 3.01. The number of carbonyl (C=O) groups is 1. The molecule has 1 fully saturated rings. The van der Waals surface area contributed by atoms with Gasteiger partial charge in [0, 0.05) is 23.8 Å². The van der Waals surface area contributed by atoms with Crippen LogP contribution in [0.2, 0.25) is 0 Å². The summed E-state index contributed by atoms with van der Waals surface area (Å²) in [5.74, 6) is -2.72. The van der Waals surface area contributed by atoms with E-state index in [-0.39, 0.29) is 39.5 Å². The van der Waals surface area contributed by atoms with Gasteiger partial charge < -0.3 is 59.1 Å². The summed E-state index contributed by atoms with van der Waals surface area (Å²) in [5.41, 5.74) is -0.439. The Morgan fingerprint density at radius 2 is 1.62 bits per heavy atom. The summed E-state index contributed by atoms with van der Waals surface area (Å²) in [6, 6.07) is 11.7. The molecule has 236 valence electrons. The minimum atomic E-state index is -1.91. The van der Waals surface area contributed by atoms with Crippen LogP contribution in [0.3, 0.4) is 0 Å². The van der Waals surface area contributed by atoms with Crippen molar-refractivity contribution in [3.05, 3.63) is 76.5 Å². The van der Waals surface area contributed by atoms with Crippen molar-refractivity contribution in [2.24, 2.45) is 0 Å². The first-order valence-corrected chi connectivity index (χ1v) is 13.4. The Kier molecular flexibility index (Phi) is 8.83. The van der Waals surface area contributed by atoms with Crippen LogP contribution in [0.25, 0.3) is 28.4 Å². The Bertz CT molecular complexity index is 1800. The number of fused-ring (bicyclic) bond motifs is 1. The molecule has 3 aromatic carbocycles. The number of hydrogen-bond acceptors (Lipinski definition) is 14. The van der Waals surface area contributed by atoms with Gasteiger partial charge in [0.25, 0.3) is 0 Å². The fraction of sp³-hybridized carbons (Fsp3) is 0.226. The number of carbonyl (C=O) groups excluding carboxylic acids is 1. The molecule has 0 amide bonds. The summed E-state index contributed by atoms with van der Waals surface area (Å²) >= 11 is 0. The first-order valence-electron chi connectivity index (χ1n) is 13.4. The van der Waals surface area contributed by atoms with Crippen molar-refractivity contribution >= 4 is 23.0 Å². The van der Waals surface area contributed by atoms with E-state index in [4.69, 9.17) is 23.4 Å². The van der Waals surface area contributed by atoms with Gasteiger partial charge in [-0.2, -0.15) is 0 Å². The molecule has 0 unspecified atom stereocenters. The summed E-state index contributed by atoms with van der Waals surface area (Å²) in [6.45, 7) is -0.607. The van der Waals surface area contributed by atoms with Crippen molar-refractivity contribution < 1.29 is 63.9 Å². The largest absolute Gasteiger partial charge is 0.508 e. The van der Waals surface area contributed by atoms with Crippen molar-refractivity contribution in [3.63, 3.8) is 0 Å². The molecule has 0 radical (unpaired) electrons. The molecule has 7 N–H and O–H groups in total. The molecule has 0 aliphatic carbocycles. The maximum atomic E-state index is 13.6. The van der Waals surface area contributed by atoms with Gasteiger partial charge in [-0.05, 0) is 48.0 Å². The Morgan fingerprint density at radius 3 is 2.33 bits per heavy atom. The number of aliphatic hydroxyl groups is 3. The van der Waals surface area contributed by atoms with E-state index in [2.05, 4.69) is 0 Å². The van der Waals surface area contributed by atoms with Gasteiger partial charge in [-0.3, -0.25) is 4.79 Å². The van der Waals surface area contributed by atoms with Gasteiger partial charge in [-0.1, -0.05) is 6.07 Å². The lowest BCUT2D eigenvalue weighted by Gasteiger charge is -2.39. The molecule has 0 bridgehead atoms. The van der Waals surface area contributed by atoms with Crippen molar-refractivity contribution in [2.45, 2.75) is 30.7 Å². The number of hydrogen-bond donors (Lipinski definition) is 7. The second kappa shape index (κ2) is 12.8. The lowest BCUT2D eigenvalue weighted by molar-refractivity contribution is -0.278. The van der Waals surface area contributed by atoms with E-state index in [1.165, 1.54) is 55.7 Å². The topological polar surface area (TPSA) is 226 Å². The zero-order valence-electron chi connectivity index (χ0n) is 23.4. The molecule has 0 saturated carbocycles. The van der Waals surface area contributed by atoms with Gasteiger partial charge in [-0.15, -0.1) is 0 Å². The first-order chi connectivity index (χ1) is 21.5. The summed E-state index contributed by atoms with van der Waals surface area (Å²) < 4.78 is 27.3. The molecule has 2 heterocycles. The molecule has 4 aromatic rings. The van der Waals surface area contributed by atoms with Crippen molar-refractivity contribution in [3.8, 4) is 45.8 Å². The maximum absolute atomic E-state index is 13.6. The van der Waals surface area contributed by atoms with Crippen LogP contribution in [-0.4, -0.2) is 86.1 Å². The van der Waals surface area contributed by atoms with Crippen molar-refractivity contribution in [1.29, 1.82) is 0 Å². The normalized spacial score (nSPS) is 21.6. The highest BCUT2D eigenvalue weighted by Gasteiger charge is 2.46. The minimum absolute atomic E-state index is 0.0917. The second-order valence-corrected chi connectivity index (χ2v) is 10.0. The van der Waals surface area contributed by atoms with Gasteiger partial charge >= 0.3 is 5.97 Å². The Hall–Kier alpha value is -5.28. The fourth-order valence-corrected chi connectivity index (χ4v) is 4.62. The number of phenols is 4. The molecule has 5 rings (SSSR count). The average molecular weight is 625 g/mol. The van der Waals surface area contributed by atoms with Crippen LogP contribution in [0.4, 0.5) is 0 Å². The number of rotatable bonds is 8. The number of aliphatic hydroxyl groups excluding tert-OH is 3. The van der Waals surface area contributed by atoms with E-state index < -0.39 is 66.0 Å². The van der Waals surface area contributed by atoms with Crippen molar-refractivity contribution in [1.82, 2.24) is 0 Å². The minimum Gasteiger partial charge on any atom is -0.508 e. The number of methoxy groups -OCH3 is 1. The SMILES string of the molecule is COc1cc(/C=C/C(=O)OC[C@H]2O[C@@H](Oc3c(-c4ccc(O)cc4)oc4cc(O)cc(O)c4c3=O)[C@H](O)[C@@H](O)[C@@H]2O)ccc1O. The quantitative estimate of drug-likeness (QED) is 0.110. The molecule has 1 aliphatic heterocycles. The molecule has 14 heteroatoms. The highest BCUT2D eigenvalue weighted by molar-refractivity contribution is 5.88. The predicted molar refractivity (Wildman–Crippen MR) is 155 cm³/mol. The van der Waals surface area contributed by atoms with Crippen LogP contribution in [-0.2, 0) is 14.3 Å². The second-order valence-electron chi connectivity index (χ2n) is 10.0. The third-order valence-corrected chi connectivity index (χ3v) is 6.96. The molecule has 0 spiro atoms. The van der Waals surface area contributed by atoms with Gasteiger partial charge in [0.15, 0.2) is 17.3 Å². The molecular formula is C31H28O14. The summed E-state index contributed by atoms with van der Waals surface area (Å²) in [5, 5.41) is 71.1. The highest BCUT2D eigenvalue weighted by atomic mass is 16.7. The van der Waals surface area contributed by atoms with Crippen LogP contribution < -0.4 is 14.9 Å². The molecule has 1 aliphatic rings. The fourth-order valence-electron chi connectivity index (χ4n) is 4.62. The molecule has 45 heavy (non-hydrogen) atoms. The van der Waals surface area contributed by atoms with Crippen LogP contribution in [0.1, 0.15) is 5.56 Å². The van der Waals surface area contributed by atoms with Crippen LogP contribution in [0.5, 0.6) is 34.5 Å². The van der Waals surface area contributed by atoms with Gasteiger partial charge in [0.2, 0.25) is 17.5 Å². The number of aromatic hydroxyl groups is 4.